The summed E-state index contributed by atoms with van der Waals surface area (Å²) < 4.78 is 0. The van der Waals surface area contributed by atoms with Gasteiger partial charge in [0.1, 0.15) is 0 Å². The van der Waals surface area contributed by atoms with Gasteiger partial charge in [0.25, 0.3) is 0 Å². The van der Waals surface area contributed by atoms with Gasteiger partial charge in [0.05, 0.1) is 0 Å². The fourth-order valence-corrected chi connectivity index (χ4v) is 3.54. The van der Waals surface area contributed by atoms with Gasteiger partial charge < -0.3 is 10.2 Å². The van der Waals surface area contributed by atoms with Crippen molar-refractivity contribution in [2.75, 3.05) is 19.6 Å². The van der Waals surface area contributed by atoms with Gasteiger partial charge in [0.2, 0.25) is 0 Å². The summed E-state index contributed by atoms with van der Waals surface area (Å²) in [6, 6.07) is 1.59. The molecule has 100 valence electrons. The number of likely N-dealkylation sites (tertiary alicyclic amines) is 1. The van der Waals surface area contributed by atoms with Crippen LogP contribution in [0.3, 0.4) is 0 Å². The van der Waals surface area contributed by atoms with E-state index in [0.717, 1.165) is 23.9 Å². The molecule has 0 spiro atoms. The first-order valence-electron chi connectivity index (χ1n) is 7.69. The predicted molar refractivity (Wildman–Crippen MR) is 74.2 cm³/mol. The average molecular weight is 238 g/mol. The van der Waals surface area contributed by atoms with E-state index in [9.17, 15) is 0 Å². The molecule has 2 heteroatoms. The van der Waals surface area contributed by atoms with Crippen LogP contribution in [0.5, 0.6) is 0 Å². The molecule has 0 bridgehead atoms. The van der Waals surface area contributed by atoms with Gasteiger partial charge >= 0.3 is 0 Å². The van der Waals surface area contributed by atoms with Crippen molar-refractivity contribution in [3.8, 4) is 0 Å². The van der Waals surface area contributed by atoms with Gasteiger partial charge in [-0.05, 0) is 63.6 Å². The van der Waals surface area contributed by atoms with E-state index in [1.807, 2.05) is 0 Å². The standard InChI is InChI=1S/C15H30N2/c1-4-9-17-10-7-14(8-11-17)16-15-6-5-12(2)13(15)3/h12-16H,4-11H2,1-3H3. The van der Waals surface area contributed by atoms with Crippen molar-refractivity contribution in [1.29, 1.82) is 0 Å². The maximum atomic E-state index is 3.93. The molecule has 2 nitrogen and oxygen atoms in total. The van der Waals surface area contributed by atoms with Crippen molar-refractivity contribution in [3.63, 3.8) is 0 Å². The molecule has 1 aliphatic heterocycles. The van der Waals surface area contributed by atoms with Crippen molar-refractivity contribution in [1.82, 2.24) is 10.2 Å². The maximum absolute atomic E-state index is 3.93. The molecule has 1 saturated carbocycles. The van der Waals surface area contributed by atoms with Crippen LogP contribution < -0.4 is 5.32 Å². The van der Waals surface area contributed by atoms with E-state index in [1.54, 1.807) is 0 Å². The van der Waals surface area contributed by atoms with Gasteiger partial charge in [0, 0.05) is 12.1 Å². The smallest absolute Gasteiger partial charge is 0.00979 e. The Morgan fingerprint density at radius 3 is 2.29 bits per heavy atom. The minimum absolute atomic E-state index is 0.792. The Labute approximate surface area is 107 Å². The van der Waals surface area contributed by atoms with Gasteiger partial charge in [-0.15, -0.1) is 0 Å². The monoisotopic (exact) mass is 238 g/mol. The summed E-state index contributed by atoms with van der Waals surface area (Å²) in [5, 5.41) is 3.93. The van der Waals surface area contributed by atoms with Crippen LogP contribution in [0.1, 0.15) is 52.9 Å². The molecule has 0 radical (unpaired) electrons. The Balaban J connectivity index is 1.71. The van der Waals surface area contributed by atoms with Gasteiger partial charge in [-0.3, -0.25) is 0 Å². The van der Waals surface area contributed by atoms with E-state index < -0.39 is 0 Å². The highest BCUT2D eigenvalue weighted by Crippen LogP contribution is 2.31. The second-order valence-corrected chi connectivity index (χ2v) is 6.30. The van der Waals surface area contributed by atoms with E-state index in [2.05, 4.69) is 31.0 Å². The Hall–Kier alpha value is -0.0800. The van der Waals surface area contributed by atoms with Gasteiger partial charge in [-0.25, -0.2) is 0 Å². The van der Waals surface area contributed by atoms with Crippen molar-refractivity contribution in [3.05, 3.63) is 0 Å². The van der Waals surface area contributed by atoms with Crippen LogP contribution >= 0.6 is 0 Å². The molecule has 3 unspecified atom stereocenters. The van der Waals surface area contributed by atoms with Crippen LogP contribution in [-0.2, 0) is 0 Å². The van der Waals surface area contributed by atoms with Crippen molar-refractivity contribution in [2.24, 2.45) is 11.8 Å². The maximum Gasteiger partial charge on any atom is 0.00979 e. The zero-order chi connectivity index (χ0) is 12.3. The zero-order valence-electron chi connectivity index (χ0n) is 11.9. The summed E-state index contributed by atoms with van der Waals surface area (Å²) >= 11 is 0. The van der Waals surface area contributed by atoms with E-state index in [-0.39, 0.29) is 0 Å². The number of nitrogens with one attached hydrogen (secondary N) is 1. The van der Waals surface area contributed by atoms with E-state index >= 15 is 0 Å². The van der Waals surface area contributed by atoms with Crippen LogP contribution in [0.4, 0.5) is 0 Å². The molecule has 1 aliphatic carbocycles. The minimum atomic E-state index is 0.792. The van der Waals surface area contributed by atoms with E-state index in [1.165, 1.54) is 51.7 Å². The number of rotatable bonds is 4. The van der Waals surface area contributed by atoms with Crippen LogP contribution in [0.25, 0.3) is 0 Å². The van der Waals surface area contributed by atoms with Gasteiger partial charge in [-0.2, -0.15) is 0 Å². The fourth-order valence-electron chi connectivity index (χ4n) is 3.54. The first-order valence-corrected chi connectivity index (χ1v) is 7.69. The quantitative estimate of drug-likeness (QED) is 0.810. The second kappa shape index (κ2) is 6.19. The van der Waals surface area contributed by atoms with Gasteiger partial charge in [-0.1, -0.05) is 20.8 Å². The molecule has 3 atom stereocenters. The first kappa shape index (κ1) is 13.4. The third-order valence-electron chi connectivity index (χ3n) is 5.04. The van der Waals surface area contributed by atoms with Gasteiger partial charge in [0.15, 0.2) is 0 Å². The van der Waals surface area contributed by atoms with E-state index in [0.29, 0.717) is 0 Å². The normalized spacial score (nSPS) is 36.5. The second-order valence-electron chi connectivity index (χ2n) is 6.30. The van der Waals surface area contributed by atoms with E-state index in [4.69, 9.17) is 0 Å². The molecule has 1 saturated heterocycles. The largest absolute Gasteiger partial charge is 0.311 e. The molecule has 1 heterocycles. The van der Waals surface area contributed by atoms with Crippen LogP contribution in [0.15, 0.2) is 0 Å². The Morgan fingerprint density at radius 1 is 1.06 bits per heavy atom. The lowest BCUT2D eigenvalue weighted by atomic mass is 9.96. The topological polar surface area (TPSA) is 15.3 Å². The molecule has 2 fully saturated rings. The predicted octanol–water partition coefficient (Wildman–Crippen LogP) is 2.89. The molecule has 17 heavy (non-hydrogen) atoms. The molecule has 0 aromatic heterocycles. The molecule has 1 N–H and O–H groups in total. The molecule has 0 aromatic rings. The molecular formula is C15H30N2. The third-order valence-corrected chi connectivity index (χ3v) is 5.04. The van der Waals surface area contributed by atoms with Crippen LogP contribution in [0, 0.1) is 11.8 Å². The number of piperidine rings is 1. The summed E-state index contributed by atoms with van der Waals surface area (Å²) in [5.74, 6) is 1.80. The average Bonchev–Trinajstić information content (AvgIpc) is 2.64. The summed E-state index contributed by atoms with van der Waals surface area (Å²) in [5.41, 5.74) is 0. The third kappa shape index (κ3) is 3.45. The molecule has 0 amide bonds. The number of nitrogens with zero attached hydrogens (tertiary/aromatic N) is 1. The lowest BCUT2D eigenvalue weighted by Gasteiger charge is -2.34. The Bertz CT molecular complexity index is 221. The molecular weight excluding hydrogens is 208 g/mol. The SMILES string of the molecule is CCCN1CCC(NC2CCC(C)C2C)CC1. The molecule has 2 rings (SSSR count). The Morgan fingerprint density at radius 2 is 1.76 bits per heavy atom. The van der Waals surface area contributed by atoms with Crippen molar-refractivity contribution < 1.29 is 0 Å². The first-order chi connectivity index (χ1) is 8.20. The fraction of sp³-hybridized carbons (Fsp3) is 1.00. The van der Waals surface area contributed by atoms with Crippen molar-refractivity contribution in [2.45, 2.75) is 65.0 Å². The van der Waals surface area contributed by atoms with Crippen LogP contribution in [-0.4, -0.2) is 36.6 Å². The summed E-state index contributed by atoms with van der Waals surface area (Å²) in [6.07, 6.45) is 6.84. The highest BCUT2D eigenvalue weighted by molar-refractivity contribution is 4.88. The highest BCUT2D eigenvalue weighted by atomic mass is 15.1. The number of hydrogen-bond donors (Lipinski definition) is 1. The number of hydrogen-bond acceptors (Lipinski definition) is 2. The minimum Gasteiger partial charge on any atom is -0.311 e. The Kier molecular flexibility index (Phi) is 4.87. The highest BCUT2D eigenvalue weighted by Gasteiger charge is 2.31. The molecule has 0 aromatic carbocycles. The summed E-state index contributed by atoms with van der Waals surface area (Å²) in [7, 11) is 0. The molecule has 2 aliphatic rings. The van der Waals surface area contributed by atoms with Crippen LogP contribution in [0.2, 0.25) is 0 Å². The summed E-state index contributed by atoms with van der Waals surface area (Å²) in [4.78, 5) is 2.62. The lowest BCUT2D eigenvalue weighted by Crippen LogP contribution is -2.47. The summed E-state index contributed by atoms with van der Waals surface area (Å²) in [6.45, 7) is 11.0. The van der Waals surface area contributed by atoms with Crippen molar-refractivity contribution >= 4 is 0 Å². The zero-order valence-corrected chi connectivity index (χ0v) is 11.9. The lowest BCUT2D eigenvalue weighted by molar-refractivity contribution is 0.184.